The molecular formula is C11H8F2N2. The van der Waals surface area contributed by atoms with Crippen molar-refractivity contribution in [2.24, 2.45) is 0 Å². The van der Waals surface area contributed by atoms with E-state index in [4.69, 9.17) is 0 Å². The second kappa shape index (κ2) is 4.04. The zero-order valence-electron chi connectivity index (χ0n) is 7.74. The highest BCUT2D eigenvalue weighted by atomic mass is 19.2. The standard InChI is InChI=1S/C11H8F2N2/c12-10-4-3-8(6-11(10)13)15-9-2-1-5-14-7-9/h1-7,15H. The summed E-state index contributed by atoms with van der Waals surface area (Å²) in [5.41, 5.74) is 1.21. The summed E-state index contributed by atoms with van der Waals surface area (Å²) in [6.07, 6.45) is 3.23. The zero-order valence-corrected chi connectivity index (χ0v) is 7.74. The fourth-order valence-electron chi connectivity index (χ4n) is 1.18. The van der Waals surface area contributed by atoms with Crippen molar-refractivity contribution < 1.29 is 8.78 Å². The predicted octanol–water partition coefficient (Wildman–Crippen LogP) is 3.10. The van der Waals surface area contributed by atoms with Crippen molar-refractivity contribution >= 4 is 11.4 Å². The second-order valence-electron chi connectivity index (χ2n) is 3.00. The number of anilines is 2. The highest BCUT2D eigenvalue weighted by Crippen LogP contribution is 2.17. The highest BCUT2D eigenvalue weighted by Gasteiger charge is 2.02. The van der Waals surface area contributed by atoms with Gasteiger partial charge in [0.2, 0.25) is 0 Å². The van der Waals surface area contributed by atoms with E-state index >= 15 is 0 Å². The molecule has 1 aromatic carbocycles. The van der Waals surface area contributed by atoms with Crippen LogP contribution < -0.4 is 5.32 Å². The number of nitrogens with one attached hydrogen (secondary N) is 1. The molecule has 0 amide bonds. The largest absolute Gasteiger partial charge is 0.354 e. The van der Waals surface area contributed by atoms with Gasteiger partial charge in [-0.3, -0.25) is 4.98 Å². The van der Waals surface area contributed by atoms with Gasteiger partial charge >= 0.3 is 0 Å². The van der Waals surface area contributed by atoms with E-state index in [0.717, 1.165) is 17.8 Å². The van der Waals surface area contributed by atoms with Crippen LogP contribution in [0.4, 0.5) is 20.2 Å². The molecule has 0 aliphatic heterocycles. The summed E-state index contributed by atoms with van der Waals surface area (Å²) in [6.45, 7) is 0. The Morgan fingerprint density at radius 1 is 1.00 bits per heavy atom. The summed E-state index contributed by atoms with van der Waals surface area (Å²) in [5.74, 6) is -1.73. The molecule has 4 heteroatoms. The van der Waals surface area contributed by atoms with Crippen LogP contribution >= 0.6 is 0 Å². The molecule has 2 aromatic rings. The maximum absolute atomic E-state index is 12.9. The van der Waals surface area contributed by atoms with Crippen LogP contribution in [0.2, 0.25) is 0 Å². The van der Waals surface area contributed by atoms with Crippen LogP contribution in [0.3, 0.4) is 0 Å². The molecule has 0 spiro atoms. The van der Waals surface area contributed by atoms with Crippen LogP contribution in [0, 0.1) is 11.6 Å². The Bertz CT molecular complexity index is 457. The SMILES string of the molecule is Fc1ccc(Nc2cccnc2)cc1F. The van der Waals surface area contributed by atoms with E-state index in [1.807, 2.05) is 0 Å². The molecule has 0 bridgehead atoms. The van der Waals surface area contributed by atoms with Crippen LogP contribution in [0.25, 0.3) is 0 Å². The number of hydrogen-bond acceptors (Lipinski definition) is 2. The van der Waals surface area contributed by atoms with Crippen molar-refractivity contribution in [3.05, 3.63) is 54.4 Å². The summed E-state index contributed by atoms with van der Waals surface area (Å²) in [6, 6.07) is 7.18. The van der Waals surface area contributed by atoms with E-state index in [1.165, 1.54) is 6.07 Å². The van der Waals surface area contributed by atoms with E-state index in [2.05, 4.69) is 10.3 Å². The summed E-state index contributed by atoms with van der Waals surface area (Å²) in [5, 5.41) is 2.90. The lowest BCUT2D eigenvalue weighted by Crippen LogP contribution is -1.92. The van der Waals surface area contributed by atoms with E-state index < -0.39 is 11.6 Å². The minimum Gasteiger partial charge on any atom is -0.354 e. The molecule has 0 radical (unpaired) electrons. The molecule has 0 saturated heterocycles. The fraction of sp³-hybridized carbons (Fsp3) is 0. The van der Waals surface area contributed by atoms with E-state index in [0.29, 0.717) is 5.69 Å². The predicted molar refractivity (Wildman–Crippen MR) is 53.9 cm³/mol. The van der Waals surface area contributed by atoms with Crippen molar-refractivity contribution in [3.63, 3.8) is 0 Å². The molecule has 0 saturated carbocycles. The molecule has 1 heterocycles. The van der Waals surface area contributed by atoms with Gasteiger partial charge in [-0.05, 0) is 24.3 Å². The number of rotatable bonds is 2. The minimum absolute atomic E-state index is 0.488. The molecule has 0 aliphatic rings. The Morgan fingerprint density at radius 2 is 1.87 bits per heavy atom. The number of nitrogens with zero attached hydrogens (tertiary/aromatic N) is 1. The van der Waals surface area contributed by atoms with Crippen LogP contribution in [-0.2, 0) is 0 Å². The first-order valence-corrected chi connectivity index (χ1v) is 4.38. The first kappa shape index (κ1) is 9.58. The average Bonchev–Trinajstić information content (AvgIpc) is 2.25. The number of aromatic nitrogens is 1. The number of benzene rings is 1. The van der Waals surface area contributed by atoms with Gasteiger partial charge in [0.25, 0.3) is 0 Å². The Labute approximate surface area is 85.6 Å². The lowest BCUT2D eigenvalue weighted by atomic mass is 10.3. The van der Waals surface area contributed by atoms with Crippen LogP contribution in [0.15, 0.2) is 42.7 Å². The van der Waals surface area contributed by atoms with Gasteiger partial charge in [0.05, 0.1) is 11.9 Å². The molecule has 1 N–H and O–H groups in total. The lowest BCUT2D eigenvalue weighted by molar-refractivity contribution is 0.509. The Hall–Kier alpha value is -1.97. The van der Waals surface area contributed by atoms with Gasteiger partial charge in [-0.15, -0.1) is 0 Å². The van der Waals surface area contributed by atoms with Gasteiger partial charge in [-0.25, -0.2) is 8.78 Å². The average molecular weight is 206 g/mol. The smallest absolute Gasteiger partial charge is 0.160 e. The Balaban J connectivity index is 2.22. The first-order chi connectivity index (χ1) is 7.25. The van der Waals surface area contributed by atoms with Gasteiger partial charge in [0.15, 0.2) is 11.6 Å². The van der Waals surface area contributed by atoms with Crippen LogP contribution in [-0.4, -0.2) is 4.98 Å². The molecule has 2 rings (SSSR count). The summed E-state index contributed by atoms with van der Waals surface area (Å²) >= 11 is 0. The van der Waals surface area contributed by atoms with Gasteiger partial charge in [-0.2, -0.15) is 0 Å². The number of halogens is 2. The number of hydrogen-bond donors (Lipinski definition) is 1. The van der Waals surface area contributed by atoms with Gasteiger partial charge in [0.1, 0.15) is 0 Å². The third-order valence-corrected chi connectivity index (χ3v) is 1.87. The zero-order chi connectivity index (χ0) is 10.7. The van der Waals surface area contributed by atoms with Crippen LogP contribution in [0.5, 0.6) is 0 Å². The molecule has 0 atom stereocenters. The number of pyridine rings is 1. The summed E-state index contributed by atoms with van der Waals surface area (Å²) in [4.78, 5) is 3.89. The first-order valence-electron chi connectivity index (χ1n) is 4.38. The third kappa shape index (κ3) is 2.28. The van der Waals surface area contributed by atoms with Crippen LogP contribution in [0.1, 0.15) is 0 Å². The molecule has 76 valence electrons. The van der Waals surface area contributed by atoms with Gasteiger partial charge < -0.3 is 5.32 Å². The molecule has 15 heavy (non-hydrogen) atoms. The quantitative estimate of drug-likeness (QED) is 0.816. The Kier molecular flexibility index (Phi) is 2.58. The van der Waals surface area contributed by atoms with E-state index in [9.17, 15) is 8.78 Å². The minimum atomic E-state index is -0.871. The van der Waals surface area contributed by atoms with Crippen molar-refractivity contribution in [1.29, 1.82) is 0 Å². The molecule has 0 unspecified atom stereocenters. The molecular weight excluding hydrogens is 198 g/mol. The van der Waals surface area contributed by atoms with E-state index in [1.54, 1.807) is 24.5 Å². The molecule has 2 nitrogen and oxygen atoms in total. The van der Waals surface area contributed by atoms with Gasteiger partial charge in [0, 0.05) is 18.0 Å². The maximum atomic E-state index is 12.9. The van der Waals surface area contributed by atoms with Crippen molar-refractivity contribution in [1.82, 2.24) is 4.98 Å². The maximum Gasteiger partial charge on any atom is 0.160 e. The monoisotopic (exact) mass is 206 g/mol. The fourth-order valence-corrected chi connectivity index (χ4v) is 1.18. The highest BCUT2D eigenvalue weighted by molar-refractivity contribution is 5.58. The molecule has 0 aliphatic carbocycles. The summed E-state index contributed by atoms with van der Waals surface area (Å²) in [7, 11) is 0. The third-order valence-electron chi connectivity index (χ3n) is 1.87. The lowest BCUT2D eigenvalue weighted by Gasteiger charge is -2.05. The molecule has 0 fully saturated rings. The van der Waals surface area contributed by atoms with Gasteiger partial charge in [-0.1, -0.05) is 0 Å². The topological polar surface area (TPSA) is 24.9 Å². The summed E-state index contributed by atoms with van der Waals surface area (Å²) < 4.78 is 25.5. The normalized spacial score (nSPS) is 10.0. The van der Waals surface area contributed by atoms with Crippen molar-refractivity contribution in [2.45, 2.75) is 0 Å². The van der Waals surface area contributed by atoms with Crippen molar-refractivity contribution in [3.8, 4) is 0 Å². The Morgan fingerprint density at radius 3 is 2.53 bits per heavy atom. The van der Waals surface area contributed by atoms with E-state index in [-0.39, 0.29) is 0 Å². The second-order valence-corrected chi connectivity index (χ2v) is 3.00. The van der Waals surface area contributed by atoms with Crippen molar-refractivity contribution in [2.75, 3.05) is 5.32 Å². The molecule has 1 aromatic heterocycles.